The van der Waals surface area contributed by atoms with Crippen LogP contribution in [0.2, 0.25) is 0 Å². The van der Waals surface area contributed by atoms with Crippen molar-refractivity contribution in [3.63, 3.8) is 0 Å². The van der Waals surface area contributed by atoms with Gasteiger partial charge in [-0.05, 0) is 51.4 Å². The normalized spacial score (nSPS) is 32.6. The Morgan fingerprint density at radius 2 is 2.07 bits per heavy atom. The van der Waals surface area contributed by atoms with Crippen LogP contribution in [0, 0.1) is 0 Å². The minimum Gasteiger partial charge on any atom is -0.314 e. The van der Waals surface area contributed by atoms with E-state index in [4.69, 9.17) is 0 Å². The molecule has 0 amide bonds. The standard InChI is InChI=1S/C12H24N2S/c1-12(5-4-10-15-12)11-13-6-9-14-7-2-3-8-14/h13H,2-11H2,1H3. The number of likely N-dealkylation sites (tertiary alicyclic amines) is 1. The van der Waals surface area contributed by atoms with Crippen LogP contribution in [-0.2, 0) is 0 Å². The van der Waals surface area contributed by atoms with Gasteiger partial charge in [0, 0.05) is 24.4 Å². The lowest BCUT2D eigenvalue weighted by Gasteiger charge is -2.24. The number of nitrogens with one attached hydrogen (secondary N) is 1. The van der Waals surface area contributed by atoms with Gasteiger partial charge in [-0.15, -0.1) is 0 Å². The number of nitrogens with zero attached hydrogens (tertiary/aromatic N) is 1. The molecule has 0 aliphatic carbocycles. The number of hydrogen-bond donors (Lipinski definition) is 1. The first kappa shape index (κ1) is 11.7. The minimum atomic E-state index is 0.533. The predicted molar refractivity (Wildman–Crippen MR) is 68.6 cm³/mol. The molecule has 0 spiro atoms. The number of rotatable bonds is 5. The molecule has 2 nitrogen and oxygen atoms in total. The molecule has 0 radical (unpaired) electrons. The van der Waals surface area contributed by atoms with E-state index in [0.29, 0.717) is 4.75 Å². The predicted octanol–water partition coefficient (Wildman–Crippen LogP) is 1.96. The number of hydrogen-bond acceptors (Lipinski definition) is 3. The van der Waals surface area contributed by atoms with Crippen LogP contribution in [0.25, 0.3) is 0 Å². The highest BCUT2D eigenvalue weighted by molar-refractivity contribution is 8.00. The Hall–Kier alpha value is 0.270. The van der Waals surface area contributed by atoms with Crippen molar-refractivity contribution < 1.29 is 0 Å². The maximum absolute atomic E-state index is 3.63. The van der Waals surface area contributed by atoms with Gasteiger partial charge in [0.2, 0.25) is 0 Å². The molecule has 0 aromatic heterocycles. The summed E-state index contributed by atoms with van der Waals surface area (Å²) in [6.07, 6.45) is 5.63. The van der Waals surface area contributed by atoms with Crippen LogP contribution in [0.4, 0.5) is 0 Å². The molecule has 0 bridgehead atoms. The Balaban J connectivity index is 1.54. The van der Waals surface area contributed by atoms with E-state index in [9.17, 15) is 0 Å². The van der Waals surface area contributed by atoms with Gasteiger partial charge in [-0.3, -0.25) is 0 Å². The fourth-order valence-electron chi connectivity index (χ4n) is 2.57. The molecule has 0 saturated carbocycles. The average Bonchev–Trinajstić information content (AvgIpc) is 2.84. The van der Waals surface area contributed by atoms with Crippen molar-refractivity contribution in [3.05, 3.63) is 0 Å². The van der Waals surface area contributed by atoms with Crippen molar-refractivity contribution in [2.24, 2.45) is 0 Å². The topological polar surface area (TPSA) is 15.3 Å². The zero-order valence-corrected chi connectivity index (χ0v) is 10.7. The molecule has 2 fully saturated rings. The van der Waals surface area contributed by atoms with Gasteiger partial charge in [-0.25, -0.2) is 0 Å². The second-order valence-electron chi connectivity index (χ2n) is 5.13. The molecule has 2 saturated heterocycles. The van der Waals surface area contributed by atoms with E-state index in [0.717, 1.165) is 0 Å². The van der Waals surface area contributed by atoms with E-state index in [-0.39, 0.29) is 0 Å². The van der Waals surface area contributed by atoms with Gasteiger partial charge >= 0.3 is 0 Å². The maximum Gasteiger partial charge on any atom is 0.0256 e. The van der Waals surface area contributed by atoms with E-state index >= 15 is 0 Å². The summed E-state index contributed by atoms with van der Waals surface area (Å²) < 4.78 is 0.533. The van der Waals surface area contributed by atoms with Gasteiger partial charge in [-0.1, -0.05) is 0 Å². The fraction of sp³-hybridized carbons (Fsp3) is 1.00. The molecule has 2 heterocycles. The van der Waals surface area contributed by atoms with Gasteiger partial charge in [0.1, 0.15) is 0 Å². The Bertz CT molecular complexity index is 184. The first-order valence-electron chi connectivity index (χ1n) is 6.36. The molecule has 2 aliphatic rings. The molecule has 88 valence electrons. The third kappa shape index (κ3) is 3.65. The van der Waals surface area contributed by atoms with Crippen LogP contribution in [0.15, 0.2) is 0 Å². The molecule has 3 heteroatoms. The summed E-state index contributed by atoms with van der Waals surface area (Å²) in [5.41, 5.74) is 0. The van der Waals surface area contributed by atoms with Gasteiger partial charge in [0.15, 0.2) is 0 Å². The molecular formula is C12H24N2S. The van der Waals surface area contributed by atoms with E-state index in [1.54, 1.807) is 0 Å². The molecular weight excluding hydrogens is 204 g/mol. The first-order chi connectivity index (χ1) is 7.29. The van der Waals surface area contributed by atoms with E-state index in [1.807, 2.05) is 0 Å². The second-order valence-corrected chi connectivity index (χ2v) is 6.81. The third-order valence-electron chi connectivity index (χ3n) is 3.60. The Kier molecular flexibility index (Phi) is 4.35. The highest BCUT2D eigenvalue weighted by Gasteiger charge is 2.28. The molecule has 0 aromatic carbocycles. The molecule has 0 aromatic rings. The lowest BCUT2D eigenvalue weighted by molar-refractivity contribution is 0.333. The zero-order valence-electron chi connectivity index (χ0n) is 9.93. The van der Waals surface area contributed by atoms with Gasteiger partial charge in [-0.2, -0.15) is 11.8 Å². The average molecular weight is 228 g/mol. The van der Waals surface area contributed by atoms with Gasteiger partial charge < -0.3 is 10.2 Å². The van der Waals surface area contributed by atoms with Gasteiger partial charge in [0.25, 0.3) is 0 Å². The smallest absolute Gasteiger partial charge is 0.0256 e. The fourth-order valence-corrected chi connectivity index (χ4v) is 3.85. The molecule has 1 atom stereocenters. The summed E-state index contributed by atoms with van der Waals surface area (Å²) in [4.78, 5) is 2.58. The summed E-state index contributed by atoms with van der Waals surface area (Å²) in [5.74, 6) is 1.37. The lowest BCUT2D eigenvalue weighted by Crippen LogP contribution is -2.37. The number of thioether (sulfide) groups is 1. The Morgan fingerprint density at radius 1 is 1.27 bits per heavy atom. The van der Waals surface area contributed by atoms with Crippen LogP contribution >= 0.6 is 11.8 Å². The van der Waals surface area contributed by atoms with Crippen LogP contribution in [0.3, 0.4) is 0 Å². The highest BCUT2D eigenvalue weighted by Crippen LogP contribution is 2.36. The van der Waals surface area contributed by atoms with Crippen LogP contribution in [-0.4, -0.2) is 48.1 Å². The summed E-state index contributed by atoms with van der Waals surface area (Å²) in [6, 6.07) is 0. The van der Waals surface area contributed by atoms with Crippen LogP contribution in [0.5, 0.6) is 0 Å². The maximum atomic E-state index is 3.63. The Morgan fingerprint density at radius 3 is 2.73 bits per heavy atom. The highest BCUT2D eigenvalue weighted by atomic mass is 32.2. The van der Waals surface area contributed by atoms with Crippen molar-refractivity contribution >= 4 is 11.8 Å². The summed E-state index contributed by atoms with van der Waals surface area (Å²) >= 11 is 2.15. The third-order valence-corrected chi connectivity index (χ3v) is 5.14. The van der Waals surface area contributed by atoms with Crippen molar-refractivity contribution in [1.82, 2.24) is 10.2 Å². The van der Waals surface area contributed by atoms with Crippen molar-refractivity contribution in [2.75, 3.05) is 38.5 Å². The molecule has 1 N–H and O–H groups in total. The van der Waals surface area contributed by atoms with E-state index < -0.39 is 0 Å². The van der Waals surface area contributed by atoms with Crippen LogP contribution in [0.1, 0.15) is 32.6 Å². The summed E-state index contributed by atoms with van der Waals surface area (Å²) in [6.45, 7) is 8.69. The molecule has 1 unspecified atom stereocenters. The quantitative estimate of drug-likeness (QED) is 0.724. The van der Waals surface area contributed by atoms with E-state index in [1.165, 1.54) is 64.2 Å². The first-order valence-corrected chi connectivity index (χ1v) is 7.34. The summed E-state index contributed by atoms with van der Waals surface area (Å²) in [5, 5.41) is 3.63. The van der Waals surface area contributed by atoms with Crippen molar-refractivity contribution in [1.29, 1.82) is 0 Å². The van der Waals surface area contributed by atoms with E-state index in [2.05, 4.69) is 28.9 Å². The Labute approximate surface area is 98.2 Å². The lowest BCUT2D eigenvalue weighted by atomic mass is 10.1. The monoisotopic (exact) mass is 228 g/mol. The molecule has 15 heavy (non-hydrogen) atoms. The second kappa shape index (κ2) is 5.55. The zero-order chi connectivity index (χ0) is 10.6. The minimum absolute atomic E-state index is 0.533. The molecule has 2 rings (SSSR count). The largest absolute Gasteiger partial charge is 0.314 e. The molecule has 2 aliphatic heterocycles. The van der Waals surface area contributed by atoms with Crippen LogP contribution < -0.4 is 5.32 Å². The van der Waals surface area contributed by atoms with Gasteiger partial charge in [0.05, 0.1) is 0 Å². The summed E-state index contributed by atoms with van der Waals surface area (Å²) in [7, 11) is 0. The van der Waals surface area contributed by atoms with Crippen molar-refractivity contribution in [2.45, 2.75) is 37.4 Å². The van der Waals surface area contributed by atoms with Crippen molar-refractivity contribution in [3.8, 4) is 0 Å². The SMILES string of the molecule is CC1(CNCCN2CCCC2)CCCS1.